The van der Waals surface area contributed by atoms with Crippen molar-refractivity contribution in [2.24, 2.45) is 5.14 Å². The van der Waals surface area contributed by atoms with Crippen LogP contribution in [0.15, 0.2) is 39.5 Å². The van der Waals surface area contributed by atoms with Gasteiger partial charge in [-0.2, -0.15) is 0 Å². The van der Waals surface area contributed by atoms with E-state index in [1.54, 1.807) is 24.3 Å². The lowest BCUT2D eigenvalue weighted by molar-refractivity contribution is 0.0926. The first-order chi connectivity index (χ1) is 9.87. The lowest BCUT2D eigenvalue weighted by atomic mass is 10.2. The maximum absolute atomic E-state index is 11.8. The van der Waals surface area contributed by atoms with Crippen molar-refractivity contribution < 1.29 is 17.6 Å². The van der Waals surface area contributed by atoms with Crippen molar-refractivity contribution in [2.75, 3.05) is 12.3 Å². The molecule has 21 heavy (non-hydrogen) atoms. The number of amides is 1. The number of nitrogens with two attached hydrogens (primary N) is 1. The fourth-order valence-electron chi connectivity index (χ4n) is 1.78. The van der Waals surface area contributed by atoms with Gasteiger partial charge in [0.1, 0.15) is 5.58 Å². The van der Waals surface area contributed by atoms with Crippen LogP contribution in [0.3, 0.4) is 0 Å². The van der Waals surface area contributed by atoms with Gasteiger partial charge in [0, 0.05) is 12.6 Å². The van der Waals surface area contributed by atoms with Gasteiger partial charge in [-0.1, -0.05) is 12.1 Å². The SMILES string of the molecule is NS(=O)(=O)CCCNC(=O)c1cc(=O)c2ccccc2o1. The Morgan fingerprint density at radius 2 is 2.00 bits per heavy atom. The number of sulfonamides is 1. The van der Waals surface area contributed by atoms with Crippen LogP contribution >= 0.6 is 0 Å². The monoisotopic (exact) mass is 310 g/mol. The van der Waals surface area contributed by atoms with Crippen LogP contribution in [0, 0.1) is 0 Å². The highest BCUT2D eigenvalue weighted by atomic mass is 32.2. The van der Waals surface area contributed by atoms with Crippen LogP contribution < -0.4 is 15.9 Å². The number of primary sulfonamides is 1. The molecule has 0 aliphatic heterocycles. The molecular formula is C13H14N2O5S. The maximum atomic E-state index is 11.8. The van der Waals surface area contributed by atoms with E-state index >= 15 is 0 Å². The van der Waals surface area contributed by atoms with Crippen LogP contribution in [0.2, 0.25) is 0 Å². The number of para-hydroxylation sites is 1. The average Bonchev–Trinajstić information content (AvgIpc) is 2.42. The summed E-state index contributed by atoms with van der Waals surface area (Å²) in [5, 5.41) is 7.71. The fraction of sp³-hybridized carbons (Fsp3) is 0.231. The van der Waals surface area contributed by atoms with Crippen molar-refractivity contribution >= 4 is 26.9 Å². The van der Waals surface area contributed by atoms with Crippen molar-refractivity contribution in [3.63, 3.8) is 0 Å². The molecule has 0 saturated heterocycles. The van der Waals surface area contributed by atoms with Gasteiger partial charge < -0.3 is 9.73 Å². The molecule has 0 aliphatic carbocycles. The standard InChI is InChI=1S/C13H14N2O5S/c14-21(18,19)7-3-6-15-13(17)12-8-10(16)9-4-1-2-5-11(9)20-12/h1-2,4-5,8H,3,6-7H2,(H,15,17)(H2,14,18,19). The Labute approximate surface area is 120 Å². The summed E-state index contributed by atoms with van der Waals surface area (Å²) in [6.45, 7) is 0.117. The van der Waals surface area contributed by atoms with Crippen LogP contribution in [-0.2, 0) is 10.0 Å². The molecule has 0 unspecified atom stereocenters. The summed E-state index contributed by atoms with van der Waals surface area (Å²) < 4.78 is 26.8. The molecule has 1 aromatic carbocycles. The number of hydrogen-bond donors (Lipinski definition) is 2. The molecule has 1 heterocycles. The van der Waals surface area contributed by atoms with Crippen LogP contribution in [0.4, 0.5) is 0 Å². The summed E-state index contributed by atoms with van der Waals surface area (Å²) in [6.07, 6.45) is 0.183. The lowest BCUT2D eigenvalue weighted by Crippen LogP contribution is -2.28. The Hall–Kier alpha value is -2.19. The number of carbonyl (C=O) groups is 1. The minimum absolute atomic E-state index is 0.116. The largest absolute Gasteiger partial charge is 0.451 e. The van der Waals surface area contributed by atoms with Gasteiger partial charge in [0.05, 0.1) is 11.1 Å². The molecule has 7 nitrogen and oxygen atoms in total. The van der Waals surface area contributed by atoms with Crippen molar-refractivity contribution in [1.82, 2.24) is 5.32 Å². The molecule has 0 radical (unpaired) electrons. The topological polar surface area (TPSA) is 119 Å². The van der Waals surface area contributed by atoms with Gasteiger partial charge in [-0.05, 0) is 18.6 Å². The first-order valence-corrected chi connectivity index (χ1v) is 7.90. The molecule has 0 atom stereocenters. The van der Waals surface area contributed by atoms with Crippen LogP contribution in [0.1, 0.15) is 17.0 Å². The molecule has 2 aromatic rings. The highest BCUT2D eigenvalue weighted by Crippen LogP contribution is 2.11. The third-order valence-electron chi connectivity index (χ3n) is 2.75. The van der Waals surface area contributed by atoms with Gasteiger partial charge in [-0.15, -0.1) is 0 Å². The van der Waals surface area contributed by atoms with E-state index in [0.717, 1.165) is 6.07 Å². The lowest BCUT2D eigenvalue weighted by Gasteiger charge is -2.05. The first kappa shape index (κ1) is 15.2. The second kappa shape index (κ2) is 6.06. The molecule has 0 aliphatic rings. The Morgan fingerprint density at radius 1 is 1.29 bits per heavy atom. The Morgan fingerprint density at radius 3 is 2.71 bits per heavy atom. The van der Waals surface area contributed by atoms with Gasteiger partial charge in [0.2, 0.25) is 10.0 Å². The zero-order valence-corrected chi connectivity index (χ0v) is 11.9. The summed E-state index contributed by atoms with van der Waals surface area (Å²) in [5.41, 5.74) is 0.00576. The quantitative estimate of drug-likeness (QED) is 0.765. The highest BCUT2D eigenvalue weighted by Gasteiger charge is 2.12. The van der Waals surface area contributed by atoms with E-state index in [4.69, 9.17) is 9.56 Å². The maximum Gasteiger partial charge on any atom is 0.287 e. The zero-order chi connectivity index (χ0) is 15.5. The average molecular weight is 310 g/mol. The van der Waals surface area contributed by atoms with Crippen LogP contribution in [0.25, 0.3) is 11.0 Å². The normalized spacial score (nSPS) is 11.5. The summed E-state index contributed by atoms with van der Waals surface area (Å²) in [7, 11) is -3.55. The molecule has 3 N–H and O–H groups in total. The smallest absolute Gasteiger partial charge is 0.287 e. The van der Waals surface area contributed by atoms with Crippen molar-refractivity contribution in [2.45, 2.75) is 6.42 Å². The van der Waals surface area contributed by atoms with E-state index in [1.165, 1.54) is 0 Å². The minimum Gasteiger partial charge on any atom is -0.451 e. The van der Waals surface area contributed by atoms with Crippen LogP contribution in [-0.4, -0.2) is 26.6 Å². The summed E-state index contributed by atoms with van der Waals surface area (Å²) in [4.78, 5) is 23.7. The van der Waals surface area contributed by atoms with Gasteiger partial charge in [0.15, 0.2) is 11.2 Å². The molecule has 0 saturated carbocycles. The second-order valence-electron chi connectivity index (χ2n) is 4.45. The van der Waals surface area contributed by atoms with E-state index < -0.39 is 15.9 Å². The Kier molecular flexibility index (Phi) is 4.39. The van der Waals surface area contributed by atoms with Crippen LogP contribution in [0.5, 0.6) is 0 Å². The number of rotatable bonds is 5. The van der Waals surface area contributed by atoms with Crippen molar-refractivity contribution in [1.29, 1.82) is 0 Å². The van der Waals surface area contributed by atoms with Crippen molar-refractivity contribution in [3.8, 4) is 0 Å². The second-order valence-corrected chi connectivity index (χ2v) is 6.18. The van der Waals surface area contributed by atoms with Gasteiger partial charge >= 0.3 is 0 Å². The molecule has 2 rings (SSSR count). The van der Waals surface area contributed by atoms with E-state index in [-0.39, 0.29) is 29.9 Å². The first-order valence-electron chi connectivity index (χ1n) is 6.18. The van der Waals surface area contributed by atoms with E-state index in [9.17, 15) is 18.0 Å². The Bertz CT molecular complexity index is 826. The van der Waals surface area contributed by atoms with E-state index in [2.05, 4.69) is 5.32 Å². The molecule has 8 heteroatoms. The molecule has 1 aromatic heterocycles. The number of hydrogen-bond acceptors (Lipinski definition) is 5. The van der Waals surface area contributed by atoms with Gasteiger partial charge in [0.25, 0.3) is 5.91 Å². The molecule has 0 spiro atoms. The number of fused-ring (bicyclic) bond motifs is 1. The summed E-state index contributed by atoms with van der Waals surface area (Å²) in [6, 6.07) is 7.70. The predicted molar refractivity (Wildman–Crippen MR) is 77.4 cm³/mol. The van der Waals surface area contributed by atoms with Gasteiger partial charge in [-0.3, -0.25) is 9.59 Å². The van der Waals surface area contributed by atoms with E-state index in [1.807, 2.05) is 0 Å². The molecule has 0 bridgehead atoms. The molecule has 0 fully saturated rings. The fourth-order valence-corrected chi connectivity index (χ4v) is 2.32. The summed E-state index contributed by atoms with van der Waals surface area (Å²) in [5.74, 6) is -0.920. The number of benzene rings is 1. The van der Waals surface area contributed by atoms with Gasteiger partial charge in [-0.25, -0.2) is 13.6 Å². The number of carbonyl (C=O) groups excluding carboxylic acids is 1. The predicted octanol–water partition coefficient (Wildman–Crippen LogP) is 0.201. The molecule has 1 amide bonds. The molecule has 112 valence electrons. The third-order valence-corrected chi connectivity index (χ3v) is 3.61. The third kappa shape index (κ3) is 4.14. The van der Waals surface area contributed by atoms with Crippen molar-refractivity contribution in [3.05, 3.63) is 46.3 Å². The highest BCUT2D eigenvalue weighted by molar-refractivity contribution is 7.89. The Balaban J connectivity index is 2.08. The minimum atomic E-state index is -3.55. The zero-order valence-electron chi connectivity index (χ0n) is 11.0. The number of nitrogens with one attached hydrogen (secondary N) is 1. The van der Waals surface area contributed by atoms with E-state index in [0.29, 0.717) is 11.0 Å². The summed E-state index contributed by atoms with van der Waals surface area (Å²) >= 11 is 0. The molecular weight excluding hydrogens is 296 g/mol.